The third-order valence-electron chi connectivity index (χ3n) is 2.09. The molecule has 2 nitrogen and oxygen atoms in total. The van der Waals surface area contributed by atoms with Gasteiger partial charge < -0.3 is 9.15 Å². The highest BCUT2D eigenvalue weighted by atomic mass is 16.5. The van der Waals surface area contributed by atoms with Crippen LogP contribution in [0.25, 0.3) is 0 Å². The van der Waals surface area contributed by atoms with E-state index in [2.05, 4.69) is 0 Å². The first-order valence-corrected chi connectivity index (χ1v) is 4.10. The number of hydrogen-bond donors (Lipinski definition) is 0. The molecule has 0 N–H and O–H groups in total. The molecule has 0 amide bonds. The van der Waals surface area contributed by atoms with Crippen LogP contribution in [0.1, 0.15) is 30.9 Å². The second-order valence-corrected chi connectivity index (χ2v) is 2.91. The summed E-state index contributed by atoms with van der Waals surface area (Å²) < 4.78 is 10.6. The molecule has 0 spiro atoms. The van der Waals surface area contributed by atoms with E-state index < -0.39 is 0 Å². The van der Waals surface area contributed by atoms with Gasteiger partial charge in [-0.15, -0.1) is 0 Å². The first kappa shape index (κ1) is 6.92. The normalized spacial score (nSPS) is 25.3. The molecule has 0 aliphatic carbocycles. The average molecular weight is 152 g/mol. The van der Waals surface area contributed by atoms with E-state index in [0.29, 0.717) is 6.10 Å². The monoisotopic (exact) mass is 152 g/mol. The van der Waals surface area contributed by atoms with Gasteiger partial charge in [-0.1, -0.05) is 0 Å². The molecule has 0 aromatic carbocycles. The predicted octanol–water partition coefficient (Wildman–Crippen LogP) is 2.52. The van der Waals surface area contributed by atoms with Crippen molar-refractivity contribution in [2.24, 2.45) is 0 Å². The highest BCUT2D eigenvalue weighted by Gasteiger charge is 2.16. The fourth-order valence-corrected chi connectivity index (χ4v) is 1.46. The molecule has 1 aromatic heterocycles. The van der Waals surface area contributed by atoms with Crippen LogP contribution in [-0.2, 0) is 4.74 Å². The zero-order chi connectivity index (χ0) is 7.52. The third kappa shape index (κ3) is 1.46. The molecule has 11 heavy (non-hydrogen) atoms. The van der Waals surface area contributed by atoms with Crippen LogP contribution in [0.2, 0.25) is 0 Å². The predicted molar refractivity (Wildman–Crippen MR) is 41.3 cm³/mol. The van der Waals surface area contributed by atoms with E-state index in [4.69, 9.17) is 9.15 Å². The van der Waals surface area contributed by atoms with Crippen molar-refractivity contribution in [3.8, 4) is 0 Å². The fraction of sp³-hybridized carbons (Fsp3) is 0.556. The van der Waals surface area contributed by atoms with E-state index in [9.17, 15) is 0 Å². The van der Waals surface area contributed by atoms with Crippen molar-refractivity contribution in [1.29, 1.82) is 0 Å². The molecule has 2 heterocycles. The minimum absolute atomic E-state index is 0.294. The van der Waals surface area contributed by atoms with Gasteiger partial charge in [0.05, 0.1) is 18.6 Å². The molecule has 0 radical (unpaired) electrons. The Balaban J connectivity index is 2.04. The SMILES string of the molecule is c1cc(C2CCCCO2)co1. The molecule has 1 saturated heterocycles. The number of hydrogen-bond acceptors (Lipinski definition) is 2. The van der Waals surface area contributed by atoms with Gasteiger partial charge in [-0.25, -0.2) is 0 Å². The first-order valence-electron chi connectivity index (χ1n) is 4.10. The van der Waals surface area contributed by atoms with Crippen molar-refractivity contribution < 1.29 is 9.15 Å². The lowest BCUT2D eigenvalue weighted by molar-refractivity contribution is 0.0146. The third-order valence-corrected chi connectivity index (χ3v) is 2.09. The molecule has 1 aromatic rings. The summed E-state index contributed by atoms with van der Waals surface area (Å²) in [6.45, 7) is 0.899. The minimum atomic E-state index is 0.294. The first-order chi connectivity index (χ1) is 5.47. The fourth-order valence-electron chi connectivity index (χ4n) is 1.46. The summed E-state index contributed by atoms with van der Waals surface area (Å²) in [6.07, 6.45) is 7.38. The molecule has 1 unspecified atom stereocenters. The second-order valence-electron chi connectivity index (χ2n) is 2.91. The number of rotatable bonds is 1. The van der Waals surface area contributed by atoms with Gasteiger partial charge in [0.15, 0.2) is 0 Å². The zero-order valence-corrected chi connectivity index (χ0v) is 6.45. The van der Waals surface area contributed by atoms with Crippen LogP contribution in [0.3, 0.4) is 0 Å². The van der Waals surface area contributed by atoms with Gasteiger partial charge >= 0.3 is 0 Å². The number of furan rings is 1. The van der Waals surface area contributed by atoms with E-state index in [1.807, 2.05) is 6.07 Å². The number of ether oxygens (including phenoxy) is 1. The van der Waals surface area contributed by atoms with E-state index in [1.54, 1.807) is 12.5 Å². The summed E-state index contributed by atoms with van der Waals surface area (Å²) in [6, 6.07) is 1.98. The average Bonchev–Trinajstić information content (AvgIpc) is 2.58. The molecule has 60 valence electrons. The van der Waals surface area contributed by atoms with Crippen molar-refractivity contribution in [2.45, 2.75) is 25.4 Å². The Hall–Kier alpha value is -0.760. The largest absolute Gasteiger partial charge is 0.472 e. The maximum absolute atomic E-state index is 5.56. The quantitative estimate of drug-likeness (QED) is 0.617. The molecule has 0 bridgehead atoms. The maximum Gasteiger partial charge on any atom is 0.0960 e. The van der Waals surface area contributed by atoms with E-state index in [1.165, 1.54) is 18.4 Å². The van der Waals surface area contributed by atoms with Crippen LogP contribution < -0.4 is 0 Å². The zero-order valence-electron chi connectivity index (χ0n) is 6.45. The summed E-state index contributed by atoms with van der Waals surface area (Å²) in [7, 11) is 0. The topological polar surface area (TPSA) is 22.4 Å². The van der Waals surface area contributed by atoms with E-state index in [-0.39, 0.29) is 0 Å². The Morgan fingerprint density at radius 2 is 2.36 bits per heavy atom. The summed E-state index contributed by atoms with van der Waals surface area (Å²) >= 11 is 0. The van der Waals surface area contributed by atoms with Gasteiger partial charge in [-0.3, -0.25) is 0 Å². The minimum Gasteiger partial charge on any atom is -0.472 e. The lowest BCUT2D eigenvalue weighted by atomic mass is 10.0. The molecule has 1 atom stereocenters. The van der Waals surface area contributed by atoms with Gasteiger partial charge in [-0.05, 0) is 25.3 Å². The Labute approximate surface area is 66.2 Å². The summed E-state index contributed by atoms with van der Waals surface area (Å²) in [5.41, 5.74) is 1.18. The van der Waals surface area contributed by atoms with Gasteiger partial charge in [-0.2, -0.15) is 0 Å². The molecule has 1 aliphatic heterocycles. The Kier molecular flexibility index (Phi) is 1.95. The van der Waals surface area contributed by atoms with Gasteiger partial charge in [0, 0.05) is 12.2 Å². The van der Waals surface area contributed by atoms with Crippen LogP contribution >= 0.6 is 0 Å². The maximum atomic E-state index is 5.56. The summed E-state index contributed by atoms with van der Waals surface area (Å²) in [5, 5.41) is 0. The van der Waals surface area contributed by atoms with E-state index in [0.717, 1.165) is 13.0 Å². The molecular weight excluding hydrogens is 140 g/mol. The molecule has 1 fully saturated rings. The molecule has 2 rings (SSSR count). The van der Waals surface area contributed by atoms with Gasteiger partial charge in [0.1, 0.15) is 0 Å². The standard InChI is InChI=1S/C9H12O2/c1-2-5-11-9(3-1)8-4-6-10-7-8/h4,6-7,9H,1-3,5H2. The lowest BCUT2D eigenvalue weighted by Gasteiger charge is -2.20. The van der Waals surface area contributed by atoms with Crippen LogP contribution in [0.5, 0.6) is 0 Å². The van der Waals surface area contributed by atoms with Crippen LogP contribution in [0, 0.1) is 0 Å². The van der Waals surface area contributed by atoms with Crippen LogP contribution in [0.15, 0.2) is 23.0 Å². The smallest absolute Gasteiger partial charge is 0.0960 e. The Bertz CT molecular complexity index is 197. The molecule has 1 aliphatic rings. The van der Waals surface area contributed by atoms with Crippen molar-refractivity contribution >= 4 is 0 Å². The van der Waals surface area contributed by atoms with Gasteiger partial charge in [0.2, 0.25) is 0 Å². The highest BCUT2D eigenvalue weighted by Crippen LogP contribution is 2.27. The molecule has 0 saturated carbocycles. The van der Waals surface area contributed by atoms with Crippen molar-refractivity contribution in [1.82, 2.24) is 0 Å². The van der Waals surface area contributed by atoms with Gasteiger partial charge in [0.25, 0.3) is 0 Å². The van der Waals surface area contributed by atoms with Crippen LogP contribution in [0.4, 0.5) is 0 Å². The second kappa shape index (κ2) is 3.09. The summed E-state index contributed by atoms with van der Waals surface area (Å²) in [4.78, 5) is 0. The lowest BCUT2D eigenvalue weighted by Crippen LogP contribution is -2.10. The highest BCUT2D eigenvalue weighted by molar-refractivity contribution is 5.09. The Morgan fingerprint density at radius 3 is 3.00 bits per heavy atom. The van der Waals surface area contributed by atoms with Crippen LogP contribution in [-0.4, -0.2) is 6.61 Å². The van der Waals surface area contributed by atoms with Crippen molar-refractivity contribution in [2.75, 3.05) is 6.61 Å². The Morgan fingerprint density at radius 1 is 1.36 bits per heavy atom. The van der Waals surface area contributed by atoms with Crippen molar-refractivity contribution in [3.63, 3.8) is 0 Å². The van der Waals surface area contributed by atoms with E-state index >= 15 is 0 Å². The molecular formula is C9H12O2. The van der Waals surface area contributed by atoms with Crippen molar-refractivity contribution in [3.05, 3.63) is 24.2 Å². The molecule has 2 heteroatoms. The summed E-state index contributed by atoms with van der Waals surface area (Å²) in [5.74, 6) is 0.